The Bertz CT molecular complexity index is 1810. The lowest BCUT2D eigenvalue weighted by Gasteiger charge is -2.49. The molecule has 0 saturated carbocycles. The Balaban J connectivity index is 1.28. The van der Waals surface area contributed by atoms with E-state index in [1.807, 2.05) is 60.7 Å². The zero-order chi connectivity index (χ0) is 32.9. The van der Waals surface area contributed by atoms with E-state index >= 15 is 0 Å². The summed E-state index contributed by atoms with van der Waals surface area (Å²) >= 11 is 5.10. The van der Waals surface area contributed by atoms with Crippen LogP contribution in [0.15, 0.2) is 93.1 Å². The number of carbonyl (C=O) groups is 4. The van der Waals surface area contributed by atoms with Crippen LogP contribution in [-0.2, 0) is 28.8 Å². The summed E-state index contributed by atoms with van der Waals surface area (Å²) in [5.41, 5.74) is 7.83. The van der Waals surface area contributed by atoms with Crippen LogP contribution in [0.4, 0.5) is 5.13 Å². The highest BCUT2D eigenvalue weighted by Crippen LogP contribution is 2.43. The number of benzene rings is 2. The van der Waals surface area contributed by atoms with Gasteiger partial charge >= 0.3 is 11.9 Å². The number of nitrogens with one attached hydrogen (secondary N) is 1. The van der Waals surface area contributed by atoms with Gasteiger partial charge < -0.3 is 20.6 Å². The molecule has 0 spiro atoms. The van der Waals surface area contributed by atoms with Crippen molar-refractivity contribution in [2.75, 3.05) is 17.2 Å². The smallest absolute Gasteiger partial charge is 0.356 e. The molecule has 13 nitrogen and oxygen atoms in total. The molecule has 0 bridgehead atoms. The first-order valence-corrected chi connectivity index (χ1v) is 17.6. The average Bonchev–Trinajstić information content (AvgIpc) is 3.77. The maximum atomic E-state index is 14.1. The number of oxime groups is 1. The summed E-state index contributed by atoms with van der Waals surface area (Å²) < 4.78 is 10.9. The SMILES string of the molecule is CC(=O)ON=C(C(=O)NC1C(=O)N2C(C(=O)OC(c3ccccc3)c3ccccc3)=C(CSc3ncns3)CS[C@@H]12)c1csc(N)n1. The molecule has 2 aromatic carbocycles. The predicted octanol–water partition coefficient (Wildman–Crippen LogP) is 3.62. The average molecular weight is 708 g/mol. The topological polar surface area (TPSA) is 179 Å². The normalized spacial score (nSPS) is 17.6. The van der Waals surface area contributed by atoms with Gasteiger partial charge in [-0.05, 0) is 28.2 Å². The molecule has 47 heavy (non-hydrogen) atoms. The fourth-order valence-electron chi connectivity index (χ4n) is 4.83. The van der Waals surface area contributed by atoms with Crippen molar-refractivity contribution in [1.29, 1.82) is 0 Å². The number of amides is 2. The first-order valence-electron chi connectivity index (χ1n) is 13.9. The minimum absolute atomic E-state index is 0.0826. The number of hydrogen-bond donors (Lipinski definition) is 2. The Hall–Kier alpha value is -4.58. The zero-order valence-corrected chi connectivity index (χ0v) is 27.7. The van der Waals surface area contributed by atoms with Gasteiger partial charge in [-0.25, -0.2) is 19.6 Å². The van der Waals surface area contributed by atoms with Crippen molar-refractivity contribution >= 4 is 81.0 Å². The van der Waals surface area contributed by atoms with Crippen LogP contribution in [0.3, 0.4) is 0 Å². The molecule has 0 aliphatic carbocycles. The molecule has 2 amide bonds. The summed E-state index contributed by atoms with van der Waals surface area (Å²) in [5.74, 6) is -1.98. The molecule has 2 atom stereocenters. The van der Waals surface area contributed by atoms with Crippen LogP contribution < -0.4 is 11.1 Å². The van der Waals surface area contributed by atoms with Crippen LogP contribution in [0.5, 0.6) is 0 Å². The number of hydrogen-bond acceptors (Lipinski definition) is 15. The van der Waals surface area contributed by atoms with E-state index < -0.39 is 41.3 Å². The van der Waals surface area contributed by atoms with Gasteiger partial charge in [-0.15, -0.1) is 23.1 Å². The van der Waals surface area contributed by atoms with E-state index in [-0.39, 0.29) is 22.2 Å². The lowest BCUT2D eigenvalue weighted by Crippen LogP contribution is -2.71. The van der Waals surface area contributed by atoms with Crippen LogP contribution in [0, 0.1) is 0 Å². The van der Waals surface area contributed by atoms with Crippen molar-refractivity contribution in [3.8, 4) is 0 Å². The van der Waals surface area contributed by atoms with E-state index in [1.165, 1.54) is 51.7 Å². The highest BCUT2D eigenvalue weighted by atomic mass is 32.2. The Morgan fingerprint density at radius 1 is 1.13 bits per heavy atom. The molecule has 1 unspecified atom stereocenters. The molecule has 2 aliphatic heterocycles. The lowest BCUT2D eigenvalue weighted by atomic mass is 10.0. The number of rotatable bonds is 11. The number of esters is 1. The second-order valence-corrected chi connectivity index (χ2v) is 14.0. The highest BCUT2D eigenvalue weighted by Gasteiger charge is 2.55. The van der Waals surface area contributed by atoms with Gasteiger partial charge in [-0.3, -0.25) is 14.5 Å². The maximum Gasteiger partial charge on any atom is 0.356 e. The number of thiazole rings is 1. The second-order valence-electron chi connectivity index (χ2n) is 10.0. The Morgan fingerprint density at radius 2 is 1.83 bits per heavy atom. The number of nitrogens with two attached hydrogens (primary N) is 1. The van der Waals surface area contributed by atoms with Gasteiger partial charge in [0.1, 0.15) is 29.1 Å². The fourth-order valence-corrected chi connectivity index (χ4v) is 8.30. The van der Waals surface area contributed by atoms with Crippen molar-refractivity contribution in [3.05, 3.63) is 100 Å². The van der Waals surface area contributed by atoms with Crippen molar-refractivity contribution in [2.24, 2.45) is 5.16 Å². The quantitative estimate of drug-likeness (QED) is 0.0579. The van der Waals surface area contributed by atoms with E-state index in [0.29, 0.717) is 21.4 Å². The van der Waals surface area contributed by atoms with Crippen LogP contribution in [0.25, 0.3) is 0 Å². The first-order chi connectivity index (χ1) is 22.8. The summed E-state index contributed by atoms with van der Waals surface area (Å²) in [6.07, 6.45) is 0.720. The molecule has 17 heteroatoms. The molecule has 4 heterocycles. The van der Waals surface area contributed by atoms with Gasteiger partial charge in [0.05, 0.1) is 0 Å². The van der Waals surface area contributed by atoms with Crippen LogP contribution in [0.2, 0.25) is 0 Å². The summed E-state index contributed by atoms with van der Waals surface area (Å²) in [7, 11) is 0. The molecule has 0 radical (unpaired) electrons. The lowest BCUT2D eigenvalue weighted by molar-refractivity contribution is -0.154. The Labute approximate surface area is 284 Å². The van der Waals surface area contributed by atoms with Gasteiger partial charge in [0, 0.05) is 23.8 Å². The number of carbonyl (C=O) groups excluding carboxylic acids is 4. The Morgan fingerprint density at radius 3 is 2.43 bits per heavy atom. The van der Waals surface area contributed by atoms with Crippen molar-refractivity contribution in [3.63, 3.8) is 0 Å². The molecule has 4 aromatic rings. The number of fused-ring (bicyclic) bond motifs is 1. The number of ether oxygens (including phenoxy) is 1. The van der Waals surface area contributed by atoms with E-state index in [9.17, 15) is 19.2 Å². The van der Waals surface area contributed by atoms with E-state index in [1.54, 1.807) is 0 Å². The largest absolute Gasteiger partial charge is 0.448 e. The summed E-state index contributed by atoms with van der Waals surface area (Å²) in [4.78, 5) is 67.0. The molecule has 2 aromatic heterocycles. The van der Waals surface area contributed by atoms with Crippen LogP contribution >= 0.6 is 46.4 Å². The summed E-state index contributed by atoms with van der Waals surface area (Å²) in [6.45, 7) is 1.13. The van der Waals surface area contributed by atoms with E-state index in [0.717, 1.165) is 29.4 Å². The van der Waals surface area contributed by atoms with Crippen LogP contribution in [-0.4, -0.2) is 71.6 Å². The fraction of sp³-hybridized carbons (Fsp3) is 0.200. The third kappa shape index (κ3) is 7.22. The predicted molar refractivity (Wildman–Crippen MR) is 178 cm³/mol. The molecule has 6 rings (SSSR count). The van der Waals surface area contributed by atoms with Crippen LogP contribution in [0.1, 0.15) is 29.8 Å². The number of nitrogen functional groups attached to an aromatic ring is 1. The number of thioether (sulfide) groups is 2. The molecule has 3 N–H and O–H groups in total. The van der Waals surface area contributed by atoms with Gasteiger partial charge in [-0.1, -0.05) is 77.6 Å². The molecule has 2 aliphatic rings. The number of aromatic nitrogens is 3. The third-order valence-corrected chi connectivity index (χ3v) is 10.8. The van der Waals surface area contributed by atoms with Gasteiger partial charge in [-0.2, -0.15) is 4.37 Å². The molecular formula is C30H25N7O6S4. The minimum atomic E-state index is -1.01. The summed E-state index contributed by atoms with van der Waals surface area (Å²) in [6, 6.07) is 17.7. The molecule has 1 fully saturated rings. The van der Waals surface area contributed by atoms with Gasteiger partial charge in [0.25, 0.3) is 11.8 Å². The van der Waals surface area contributed by atoms with Crippen molar-refractivity contribution in [1.82, 2.24) is 24.6 Å². The molecular weight excluding hydrogens is 683 g/mol. The minimum Gasteiger partial charge on any atom is -0.448 e. The highest BCUT2D eigenvalue weighted by molar-refractivity contribution is 8.01. The van der Waals surface area contributed by atoms with Crippen molar-refractivity contribution in [2.45, 2.75) is 28.8 Å². The molecule has 1 saturated heterocycles. The third-order valence-electron chi connectivity index (χ3n) is 6.91. The van der Waals surface area contributed by atoms with Crippen molar-refractivity contribution < 1.29 is 28.8 Å². The first kappa shape index (κ1) is 32.4. The standard InChI is InChI=1S/C30H25N7O6S4/c1-16(38)43-36-21(20-14-45-29(31)34-20)25(39)35-22-26(40)37-23(19(12-44-27(22)37)13-46-30-32-15-33-47-30)28(41)42-24(17-8-4-2-5-9-17)18-10-6-3-7-11-18/h2-11,14-15,22,24,27H,12-13H2,1H3,(H2,31,34)(H,35,39)/t22?,27-/m0/s1. The van der Waals surface area contributed by atoms with E-state index in [2.05, 4.69) is 24.8 Å². The second kappa shape index (κ2) is 14.5. The number of nitrogens with zero attached hydrogens (tertiary/aromatic N) is 5. The van der Waals surface area contributed by atoms with Gasteiger partial charge in [0.15, 0.2) is 21.3 Å². The zero-order valence-electron chi connectivity index (χ0n) is 24.5. The molecule has 240 valence electrons. The van der Waals surface area contributed by atoms with E-state index in [4.69, 9.17) is 15.3 Å². The number of anilines is 1. The Kier molecular flexibility index (Phi) is 9.95. The number of β-lactam (4-membered cyclic amide) rings is 1. The maximum absolute atomic E-state index is 14.1. The monoisotopic (exact) mass is 707 g/mol. The van der Waals surface area contributed by atoms with Gasteiger partial charge in [0.2, 0.25) is 0 Å². The summed E-state index contributed by atoms with van der Waals surface area (Å²) in [5, 5.41) is 7.37.